The summed E-state index contributed by atoms with van der Waals surface area (Å²) in [6.07, 6.45) is 0. The van der Waals surface area contributed by atoms with Crippen molar-refractivity contribution < 1.29 is 19.1 Å². The number of amides is 2. The van der Waals surface area contributed by atoms with E-state index in [1.807, 2.05) is 30.3 Å². The van der Waals surface area contributed by atoms with E-state index < -0.39 is 11.9 Å². The van der Waals surface area contributed by atoms with E-state index >= 15 is 0 Å². The number of carbonyl (C=O) groups excluding carboxylic acids is 3. The average molecular weight is 420 g/mol. The summed E-state index contributed by atoms with van der Waals surface area (Å²) in [5, 5.41) is 9.93. The van der Waals surface area contributed by atoms with Crippen LogP contribution in [0.1, 0.15) is 41.6 Å². The molecule has 1 heterocycles. The highest BCUT2D eigenvalue weighted by Gasteiger charge is 2.18. The Bertz CT molecular complexity index is 1070. The van der Waals surface area contributed by atoms with E-state index in [1.165, 1.54) is 10.7 Å². The summed E-state index contributed by atoms with van der Waals surface area (Å²) in [4.78, 5) is 36.7. The summed E-state index contributed by atoms with van der Waals surface area (Å²) in [6, 6.07) is 17.1. The van der Waals surface area contributed by atoms with Gasteiger partial charge in [-0.15, -0.1) is 0 Å². The third kappa shape index (κ3) is 5.36. The van der Waals surface area contributed by atoms with Crippen LogP contribution >= 0.6 is 0 Å². The number of aromatic nitrogens is 2. The van der Waals surface area contributed by atoms with Gasteiger partial charge in [-0.3, -0.25) is 9.59 Å². The fourth-order valence-electron chi connectivity index (χ4n) is 2.72. The number of para-hydroxylation sites is 1. The smallest absolute Gasteiger partial charge is 0.338 e. The van der Waals surface area contributed by atoms with Gasteiger partial charge in [0.1, 0.15) is 5.82 Å². The third-order valence-corrected chi connectivity index (χ3v) is 4.37. The predicted molar refractivity (Wildman–Crippen MR) is 117 cm³/mol. The van der Waals surface area contributed by atoms with Crippen LogP contribution in [0, 0.1) is 5.92 Å². The molecule has 0 bridgehead atoms. The zero-order chi connectivity index (χ0) is 22.4. The molecule has 1 aromatic heterocycles. The lowest BCUT2D eigenvalue weighted by molar-refractivity contribution is -0.118. The summed E-state index contributed by atoms with van der Waals surface area (Å²) in [5.74, 6) is -0.883. The van der Waals surface area contributed by atoms with Crippen LogP contribution < -0.4 is 10.6 Å². The summed E-state index contributed by atoms with van der Waals surface area (Å²) >= 11 is 0. The Labute approximate surface area is 180 Å². The second-order valence-electron chi connectivity index (χ2n) is 7.06. The maximum absolute atomic E-state index is 12.8. The van der Waals surface area contributed by atoms with Crippen molar-refractivity contribution in [3.8, 4) is 5.69 Å². The quantitative estimate of drug-likeness (QED) is 0.565. The van der Waals surface area contributed by atoms with Crippen molar-refractivity contribution in [2.45, 2.75) is 20.8 Å². The van der Waals surface area contributed by atoms with E-state index in [0.29, 0.717) is 22.8 Å². The second-order valence-corrected chi connectivity index (χ2v) is 7.06. The average Bonchev–Trinajstić information content (AvgIpc) is 3.19. The van der Waals surface area contributed by atoms with Gasteiger partial charge in [-0.05, 0) is 43.3 Å². The molecule has 160 valence electrons. The molecule has 2 aromatic carbocycles. The number of rotatable bonds is 7. The topological polar surface area (TPSA) is 102 Å². The molecule has 0 spiro atoms. The van der Waals surface area contributed by atoms with Crippen molar-refractivity contribution in [1.82, 2.24) is 9.78 Å². The number of hydrogen-bond acceptors (Lipinski definition) is 5. The normalized spacial score (nSPS) is 10.6. The van der Waals surface area contributed by atoms with Crippen LogP contribution in [-0.2, 0) is 9.53 Å². The fourth-order valence-corrected chi connectivity index (χ4v) is 2.72. The van der Waals surface area contributed by atoms with Crippen molar-refractivity contribution in [1.29, 1.82) is 0 Å². The van der Waals surface area contributed by atoms with Gasteiger partial charge in [-0.25, -0.2) is 9.48 Å². The van der Waals surface area contributed by atoms with Gasteiger partial charge in [0.25, 0.3) is 5.91 Å². The molecule has 0 aliphatic rings. The van der Waals surface area contributed by atoms with Gasteiger partial charge in [0, 0.05) is 17.7 Å². The molecule has 2 amide bonds. The van der Waals surface area contributed by atoms with E-state index in [0.717, 1.165) is 0 Å². The fraction of sp³-hybridized carbons (Fsp3) is 0.217. The molecule has 8 nitrogen and oxygen atoms in total. The van der Waals surface area contributed by atoms with Crippen LogP contribution in [0.2, 0.25) is 0 Å². The standard InChI is InChI=1S/C23H24N4O4/c1-4-31-23(30)16-10-12-17(13-11-16)24-22(29)19-14-20(25-21(28)15(2)3)27(26-19)18-8-6-5-7-9-18/h5-15H,4H2,1-3H3,(H,24,29)(H,25,28). The highest BCUT2D eigenvalue weighted by molar-refractivity contribution is 6.04. The molecule has 8 heteroatoms. The largest absolute Gasteiger partial charge is 0.462 e. The lowest BCUT2D eigenvalue weighted by atomic mass is 10.2. The second kappa shape index (κ2) is 9.71. The monoisotopic (exact) mass is 420 g/mol. The molecular weight excluding hydrogens is 396 g/mol. The van der Waals surface area contributed by atoms with Gasteiger partial charge in [0.05, 0.1) is 17.9 Å². The molecule has 0 saturated carbocycles. The zero-order valence-corrected chi connectivity index (χ0v) is 17.6. The van der Waals surface area contributed by atoms with Crippen LogP contribution in [0.5, 0.6) is 0 Å². The molecule has 0 radical (unpaired) electrons. The number of anilines is 2. The minimum absolute atomic E-state index is 0.136. The van der Waals surface area contributed by atoms with Crippen molar-refractivity contribution in [2.75, 3.05) is 17.2 Å². The van der Waals surface area contributed by atoms with E-state index in [9.17, 15) is 14.4 Å². The van der Waals surface area contributed by atoms with E-state index in [2.05, 4.69) is 15.7 Å². The molecule has 0 aliphatic heterocycles. The maximum Gasteiger partial charge on any atom is 0.338 e. The third-order valence-electron chi connectivity index (χ3n) is 4.37. The lowest BCUT2D eigenvalue weighted by Gasteiger charge is -2.10. The van der Waals surface area contributed by atoms with Crippen LogP contribution in [0.3, 0.4) is 0 Å². The molecule has 0 aliphatic carbocycles. The predicted octanol–water partition coefficient (Wildman–Crippen LogP) is 3.90. The SMILES string of the molecule is CCOC(=O)c1ccc(NC(=O)c2cc(NC(=O)C(C)C)n(-c3ccccc3)n2)cc1. The van der Waals surface area contributed by atoms with Crippen LogP contribution in [0.15, 0.2) is 60.7 Å². The van der Waals surface area contributed by atoms with E-state index in [1.54, 1.807) is 45.0 Å². The Morgan fingerprint density at radius 2 is 1.68 bits per heavy atom. The minimum atomic E-state index is -0.446. The molecule has 2 N–H and O–H groups in total. The minimum Gasteiger partial charge on any atom is -0.462 e. The van der Waals surface area contributed by atoms with E-state index in [4.69, 9.17) is 4.74 Å². The number of benzene rings is 2. The molecule has 0 fully saturated rings. The number of ether oxygens (including phenoxy) is 1. The van der Waals surface area contributed by atoms with Gasteiger partial charge >= 0.3 is 5.97 Å². The van der Waals surface area contributed by atoms with Gasteiger partial charge < -0.3 is 15.4 Å². The molecular formula is C23H24N4O4. The van der Waals surface area contributed by atoms with Gasteiger partial charge in [-0.1, -0.05) is 32.0 Å². The first-order chi connectivity index (χ1) is 14.9. The number of nitrogens with zero attached hydrogens (tertiary/aromatic N) is 2. The molecule has 0 unspecified atom stereocenters. The first-order valence-corrected chi connectivity index (χ1v) is 9.94. The first-order valence-electron chi connectivity index (χ1n) is 9.94. The molecule has 0 atom stereocenters. The van der Waals surface area contributed by atoms with Crippen molar-refractivity contribution in [2.24, 2.45) is 5.92 Å². The Morgan fingerprint density at radius 1 is 1.00 bits per heavy atom. The molecule has 3 rings (SSSR count). The van der Waals surface area contributed by atoms with E-state index in [-0.39, 0.29) is 24.1 Å². The van der Waals surface area contributed by atoms with Gasteiger partial charge in [-0.2, -0.15) is 5.10 Å². The Kier molecular flexibility index (Phi) is 6.81. The molecule has 3 aromatic rings. The van der Waals surface area contributed by atoms with Gasteiger partial charge in [0.15, 0.2) is 5.69 Å². The Morgan fingerprint density at radius 3 is 2.29 bits per heavy atom. The highest BCUT2D eigenvalue weighted by Crippen LogP contribution is 2.19. The first kappa shape index (κ1) is 21.8. The zero-order valence-electron chi connectivity index (χ0n) is 17.6. The van der Waals surface area contributed by atoms with Crippen molar-refractivity contribution >= 4 is 29.3 Å². The van der Waals surface area contributed by atoms with Crippen molar-refractivity contribution in [3.63, 3.8) is 0 Å². The van der Waals surface area contributed by atoms with Crippen LogP contribution in [0.25, 0.3) is 5.69 Å². The summed E-state index contributed by atoms with van der Waals surface area (Å²) in [5.41, 5.74) is 1.74. The number of esters is 1. The summed E-state index contributed by atoms with van der Waals surface area (Å²) in [6.45, 7) is 5.59. The number of carbonyl (C=O) groups is 3. The van der Waals surface area contributed by atoms with Crippen LogP contribution in [-0.4, -0.2) is 34.2 Å². The molecule has 31 heavy (non-hydrogen) atoms. The van der Waals surface area contributed by atoms with Gasteiger partial charge in [0.2, 0.25) is 5.91 Å². The van der Waals surface area contributed by atoms with Crippen molar-refractivity contribution in [3.05, 3.63) is 71.9 Å². The molecule has 0 saturated heterocycles. The lowest BCUT2D eigenvalue weighted by Crippen LogP contribution is -2.19. The summed E-state index contributed by atoms with van der Waals surface area (Å²) in [7, 11) is 0. The number of nitrogens with one attached hydrogen (secondary N) is 2. The number of hydrogen-bond donors (Lipinski definition) is 2. The Balaban J connectivity index is 1.83. The maximum atomic E-state index is 12.8. The van der Waals surface area contributed by atoms with Crippen LogP contribution in [0.4, 0.5) is 11.5 Å². The Hall–Kier alpha value is -3.94. The highest BCUT2D eigenvalue weighted by atomic mass is 16.5. The summed E-state index contributed by atoms with van der Waals surface area (Å²) < 4.78 is 6.46.